The van der Waals surface area contributed by atoms with E-state index in [9.17, 15) is 22.3 Å². The van der Waals surface area contributed by atoms with Crippen molar-refractivity contribution >= 4 is 10.0 Å². The molecule has 2 rings (SSSR count). The molecule has 0 aromatic heterocycles. The van der Waals surface area contributed by atoms with E-state index in [1.54, 1.807) is 0 Å². The van der Waals surface area contributed by atoms with Crippen molar-refractivity contribution in [3.63, 3.8) is 0 Å². The van der Waals surface area contributed by atoms with Crippen molar-refractivity contribution in [3.8, 4) is 0 Å². The van der Waals surface area contributed by atoms with E-state index in [1.165, 1.54) is 0 Å². The number of hydrogen-bond donors (Lipinski definition) is 2. The van der Waals surface area contributed by atoms with E-state index in [4.69, 9.17) is 0 Å². The van der Waals surface area contributed by atoms with Crippen molar-refractivity contribution in [2.45, 2.75) is 49.1 Å². The number of halogens is 2. The van der Waals surface area contributed by atoms with Crippen molar-refractivity contribution < 1.29 is 22.3 Å². The van der Waals surface area contributed by atoms with Gasteiger partial charge in [0.15, 0.2) is 4.90 Å². The molecule has 1 aromatic rings. The Bertz CT molecular complexity index is 557. The Kier molecular flexibility index (Phi) is 4.72. The van der Waals surface area contributed by atoms with Crippen LogP contribution in [-0.4, -0.2) is 25.7 Å². The number of nitrogens with one attached hydrogen (secondary N) is 1. The van der Waals surface area contributed by atoms with Crippen LogP contribution in [0.1, 0.15) is 32.1 Å². The number of rotatable bonds is 3. The minimum atomic E-state index is -4.33. The van der Waals surface area contributed by atoms with Crippen LogP contribution in [0.15, 0.2) is 23.1 Å². The van der Waals surface area contributed by atoms with Crippen LogP contribution in [0.5, 0.6) is 0 Å². The molecule has 0 radical (unpaired) electrons. The van der Waals surface area contributed by atoms with E-state index in [0.29, 0.717) is 12.8 Å². The Hall–Kier alpha value is -1.05. The summed E-state index contributed by atoms with van der Waals surface area (Å²) in [7, 11) is -4.33. The largest absolute Gasteiger partial charge is 0.391 e. The molecule has 7 heteroatoms. The van der Waals surface area contributed by atoms with Crippen LogP contribution in [0.25, 0.3) is 0 Å². The maximum absolute atomic E-state index is 13.6. The maximum Gasteiger partial charge on any atom is 0.246 e. The minimum Gasteiger partial charge on any atom is -0.391 e. The number of benzene rings is 1. The Balaban J connectivity index is 2.26. The number of sulfonamides is 1. The van der Waals surface area contributed by atoms with Gasteiger partial charge < -0.3 is 5.11 Å². The van der Waals surface area contributed by atoms with Gasteiger partial charge in [0.05, 0.1) is 6.10 Å². The minimum absolute atomic E-state index is 0.455. The maximum atomic E-state index is 13.6. The van der Waals surface area contributed by atoms with Gasteiger partial charge in [-0.3, -0.25) is 0 Å². The van der Waals surface area contributed by atoms with Gasteiger partial charge in [0.25, 0.3) is 0 Å². The number of hydrogen-bond acceptors (Lipinski definition) is 3. The summed E-state index contributed by atoms with van der Waals surface area (Å²) < 4.78 is 53.5. The van der Waals surface area contributed by atoms with Gasteiger partial charge in [-0.1, -0.05) is 25.3 Å². The molecule has 2 N–H and O–H groups in total. The number of aliphatic hydroxyl groups is 1. The number of aliphatic hydroxyl groups excluding tert-OH is 1. The first-order valence-electron chi connectivity index (χ1n) is 6.56. The molecule has 0 aliphatic heterocycles. The molecule has 1 aliphatic rings. The van der Waals surface area contributed by atoms with Crippen molar-refractivity contribution in [2.24, 2.45) is 0 Å². The molecule has 2 atom stereocenters. The lowest BCUT2D eigenvalue weighted by molar-refractivity contribution is 0.130. The zero-order chi connectivity index (χ0) is 14.8. The van der Waals surface area contributed by atoms with E-state index in [2.05, 4.69) is 4.72 Å². The van der Waals surface area contributed by atoms with Crippen LogP contribution in [0, 0.1) is 11.6 Å². The second kappa shape index (κ2) is 6.15. The molecule has 2 unspecified atom stereocenters. The molecular weight excluding hydrogens is 288 g/mol. The van der Waals surface area contributed by atoms with Crippen molar-refractivity contribution in [3.05, 3.63) is 29.8 Å². The highest BCUT2D eigenvalue weighted by Crippen LogP contribution is 2.22. The standard InChI is InChI=1S/C13H17F2NO3S/c14-9-5-4-6-10(15)13(9)20(18,19)16-11-7-2-1-3-8-12(11)17/h4-6,11-12,16-17H,1-3,7-8H2. The zero-order valence-corrected chi connectivity index (χ0v) is 11.7. The molecule has 20 heavy (non-hydrogen) atoms. The van der Waals surface area contributed by atoms with Crippen LogP contribution in [-0.2, 0) is 10.0 Å². The van der Waals surface area contributed by atoms with Crippen LogP contribution in [0.3, 0.4) is 0 Å². The summed E-state index contributed by atoms with van der Waals surface area (Å²) >= 11 is 0. The van der Waals surface area contributed by atoms with Gasteiger partial charge in [-0.2, -0.15) is 0 Å². The van der Waals surface area contributed by atoms with E-state index >= 15 is 0 Å². The normalized spacial score (nSPS) is 24.4. The van der Waals surface area contributed by atoms with Gasteiger partial charge >= 0.3 is 0 Å². The first-order chi connectivity index (χ1) is 9.42. The molecule has 0 heterocycles. The fourth-order valence-corrected chi connectivity index (χ4v) is 3.86. The van der Waals surface area contributed by atoms with Gasteiger partial charge in [0.2, 0.25) is 10.0 Å². The Morgan fingerprint density at radius 1 is 1.10 bits per heavy atom. The molecule has 1 aliphatic carbocycles. The average Bonchev–Trinajstić information content (AvgIpc) is 2.54. The lowest BCUT2D eigenvalue weighted by Gasteiger charge is -2.21. The average molecular weight is 305 g/mol. The Morgan fingerprint density at radius 3 is 2.35 bits per heavy atom. The molecule has 1 fully saturated rings. The van der Waals surface area contributed by atoms with Gasteiger partial charge in [-0.05, 0) is 25.0 Å². The molecule has 0 bridgehead atoms. The Morgan fingerprint density at radius 2 is 1.70 bits per heavy atom. The summed E-state index contributed by atoms with van der Waals surface area (Å²) in [6.45, 7) is 0. The van der Waals surface area contributed by atoms with Crippen LogP contribution in [0.2, 0.25) is 0 Å². The molecule has 4 nitrogen and oxygen atoms in total. The lowest BCUT2D eigenvalue weighted by Crippen LogP contribution is -2.43. The monoisotopic (exact) mass is 305 g/mol. The summed E-state index contributed by atoms with van der Waals surface area (Å²) in [5.74, 6) is -2.28. The van der Waals surface area contributed by atoms with Crippen molar-refractivity contribution in [2.75, 3.05) is 0 Å². The van der Waals surface area contributed by atoms with E-state index < -0.39 is 38.7 Å². The topological polar surface area (TPSA) is 66.4 Å². The van der Waals surface area contributed by atoms with Gasteiger partial charge in [0.1, 0.15) is 11.6 Å². The third-order valence-electron chi connectivity index (χ3n) is 3.47. The van der Waals surface area contributed by atoms with E-state index in [-0.39, 0.29) is 0 Å². The summed E-state index contributed by atoms with van der Waals surface area (Å²) in [5, 5.41) is 9.88. The highest BCUT2D eigenvalue weighted by atomic mass is 32.2. The van der Waals surface area contributed by atoms with Crippen LogP contribution >= 0.6 is 0 Å². The van der Waals surface area contributed by atoms with Gasteiger partial charge in [0, 0.05) is 6.04 Å². The molecule has 0 spiro atoms. The summed E-state index contributed by atoms with van der Waals surface area (Å²) in [5.41, 5.74) is 0. The SMILES string of the molecule is O=S(=O)(NC1CCCCCC1O)c1c(F)cccc1F. The second-order valence-corrected chi connectivity index (χ2v) is 6.63. The van der Waals surface area contributed by atoms with Gasteiger partial charge in [-0.15, -0.1) is 0 Å². The first kappa shape index (κ1) is 15.3. The molecule has 0 saturated heterocycles. The summed E-state index contributed by atoms with van der Waals surface area (Å²) in [4.78, 5) is -0.989. The fourth-order valence-electron chi connectivity index (χ4n) is 2.42. The Labute approximate surface area is 116 Å². The lowest BCUT2D eigenvalue weighted by atomic mass is 10.1. The molecule has 112 valence electrons. The quantitative estimate of drug-likeness (QED) is 0.839. The summed E-state index contributed by atoms with van der Waals surface area (Å²) in [6, 6.07) is 2.17. The van der Waals surface area contributed by atoms with E-state index in [0.717, 1.165) is 37.5 Å². The fraction of sp³-hybridized carbons (Fsp3) is 0.538. The first-order valence-corrected chi connectivity index (χ1v) is 8.04. The molecule has 0 amide bonds. The molecule has 1 saturated carbocycles. The third-order valence-corrected chi connectivity index (χ3v) is 5.01. The van der Waals surface area contributed by atoms with Crippen molar-refractivity contribution in [1.82, 2.24) is 4.72 Å². The molecular formula is C13H17F2NO3S. The van der Waals surface area contributed by atoms with Crippen LogP contribution in [0.4, 0.5) is 8.78 Å². The highest BCUT2D eigenvalue weighted by molar-refractivity contribution is 7.89. The second-order valence-electron chi connectivity index (χ2n) is 4.98. The zero-order valence-electron chi connectivity index (χ0n) is 10.9. The van der Waals surface area contributed by atoms with E-state index in [1.807, 2.05) is 0 Å². The predicted molar refractivity (Wildman–Crippen MR) is 69.6 cm³/mol. The summed E-state index contributed by atoms with van der Waals surface area (Å²) in [6.07, 6.45) is 2.59. The smallest absolute Gasteiger partial charge is 0.246 e. The van der Waals surface area contributed by atoms with Crippen molar-refractivity contribution in [1.29, 1.82) is 0 Å². The van der Waals surface area contributed by atoms with Gasteiger partial charge in [-0.25, -0.2) is 21.9 Å². The highest BCUT2D eigenvalue weighted by Gasteiger charge is 2.30. The molecule has 1 aromatic carbocycles. The predicted octanol–water partition coefficient (Wildman–Crippen LogP) is 1.94. The van der Waals surface area contributed by atoms with Crippen LogP contribution < -0.4 is 4.72 Å². The third kappa shape index (κ3) is 3.34.